The predicted octanol–water partition coefficient (Wildman–Crippen LogP) is 19.1. The van der Waals surface area contributed by atoms with E-state index in [9.17, 15) is 0 Å². The molecule has 0 spiro atoms. The number of benzene rings is 7. The zero-order valence-corrected chi connectivity index (χ0v) is 50.6. The zero-order chi connectivity index (χ0) is 55.0. The van der Waals surface area contributed by atoms with Gasteiger partial charge >= 0.3 is 0 Å². The maximum atomic E-state index is 2.80. The first-order valence-corrected chi connectivity index (χ1v) is 30.2. The largest absolute Gasteiger partial charge is 0.311 e. The smallest absolute Gasteiger partial charge is 0.264 e. The predicted molar refractivity (Wildman–Crippen MR) is 340 cm³/mol. The van der Waals surface area contributed by atoms with E-state index in [4.69, 9.17) is 0 Å². The highest BCUT2D eigenvalue weighted by Gasteiger charge is 2.51. The van der Waals surface area contributed by atoms with Gasteiger partial charge in [0.1, 0.15) is 0 Å². The zero-order valence-electron chi connectivity index (χ0n) is 49.8. The molecule has 78 heavy (non-hydrogen) atoms. The first-order chi connectivity index (χ1) is 36.7. The van der Waals surface area contributed by atoms with Crippen molar-refractivity contribution in [1.29, 1.82) is 0 Å². The molecule has 3 heterocycles. The van der Waals surface area contributed by atoms with Crippen LogP contribution in [-0.2, 0) is 37.9 Å². The van der Waals surface area contributed by atoms with Crippen LogP contribution >= 0.6 is 11.3 Å². The van der Waals surface area contributed by atoms with E-state index in [0.29, 0.717) is 0 Å². The van der Waals surface area contributed by atoms with E-state index < -0.39 is 0 Å². The Morgan fingerprint density at radius 1 is 0.462 bits per heavy atom. The summed E-state index contributed by atoms with van der Waals surface area (Å²) in [5.41, 5.74) is 25.9. The fraction of sp³-hybridized carbons (Fsp3) is 0.397. The molecule has 0 fully saturated rings. The summed E-state index contributed by atoms with van der Waals surface area (Å²) in [4.78, 5) is 8.07. The fourth-order valence-electron chi connectivity index (χ4n) is 15.1. The third-order valence-electron chi connectivity index (χ3n) is 20.2. The molecule has 3 nitrogen and oxygen atoms in total. The number of para-hydroxylation sites is 2. The second kappa shape index (κ2) is 17.0. The van der Waals surface area contributed by atoms with E-state index in [1.165, 1.54) is 124 Å². The maximum absolute atomic E-state index is 2.80. The summed E-state index contributed by atoms with van der Waals surface area (Å²) in [5.74, 6) is 0. The van der Waals surface area contributed by atoms with Crippen LogP contribution < -0.4 is 30.4 Å². The Kier molecular flexibility index (Phi) is 11.2. The van der Waals surface area contributed by atoms with Gasteiger partial charge in [-0.2, -0.15) is 0 Å². The van der Waals surface area contributed by atoms with Crippen molar-refractivity contribution >= 4 is 95.0 Å². The highest BCUT2D eigenvalue weighted by Crippen LogP contribution is 2.58. The van der Waals surface area contributed by atoms with Crippen molar-refractivity contribution in [3.63, 3.8) is 0 Å². The molecule has 0 amide bonds. The SMILES string of the molecule is Cc1cc(C(C)(C)C)ccc1N1c2cc(N(c3ccccc3)c3ccccc3)cc3c2B(c2ccc4c(c2N3c2ccc3c(c2)C(C)(C)CCC3(C)C)C(C)(C)CCC4(C)C)c2sc3cc4c(cc3c21)C(C)(C)CCC4(C)C. The van der Waals surface area contributed by atoms with Gasteiger partial charge in [0.25, 0.3) is 6.71 Å². The molecule has 0 saturated heterocycles. The lowest BCUT2D eigenvalue weighted by molar-refractivity contribution is 0.331. The summed E-state index contributed by atoms with van der Waals surface area (Å²) in [6, 6.07) is 52.9. The summed E-state index contributed by atoms with van der Waals surface area (Å²) in [6.07, 6.45) is 6.99. The van der Waals surface area contributed by atoms with Crippen LogP contribution in [0.2, 0.25) is 0 Å². The first-order valence-electron chi connectivity index (χ1n) is 29.4. The topological polar surface area (TPSA) is 9.72 Å². The number of hydrogen-bond acceptors (Lipinski definition) is 4. The normalized spacial score (nSPS) is 19.5. The number of rotatable bonds is 5. The van der Waals surface area contributed by atoms with E-state index in [0.717, 1.165) is 36.3 Å². The molecule has 7 aromatic carbocycles. The number of aryl methyl sites for hydroxylation is 1. The van der Waals surface area contributed by atoms with E-state index in [1.807, 2.05) is 0 Å². The minimum atomic E-state index is -0.0756. The lowest BCUT2D eigenvalue weighted by Gasteiger charge is -2.50. The lowest BCUT2D eigenvalue weighted by Crippen LogP contribution is -2.61. The van der Waals surface area contributed by atoms with E-state index in [1.54, 1.807) is 0 Å². The molecule has 13 rings (SSSR count). The molecular weight excluding hydrogens is 962 g/mol. The summed E-state index contributed by atoms with van der Waals surface area (Å²) in [6.45, 7) is 39.4. The summed E-state index contributed by atoms with van der Waals surface area (Å²) >= 11 is 2.07. The minimum Gasteiger partial charge on any atom is -0.311 e. The Bertz CT molecular complexity index is 3730. The molecule has 398 valence electrons. The molecule has 2 aliphatic heterocycles. The first kappa shape index (κ1) is 51.4. The second-order valence-electron chi connectivity index (χ2n) is 29.4. The van der Waals surface area contributed by atoms with Gasteiger partial charge in [-0.05, 0) is 206 Å². The molecule has 8 aromatic rings. The highest BCUT2D eigenvalue weighted by atomic mass is 32.1. The molecular formula is C73H82BN3S. The molecule has 0 unspecified atom stereocenters. The molecule has 1 aromatic heterocycles. The summed E-state index contributed by atoms with van der Waals surface area (Å²) in [7, 11) is 0. The van der Waals surface area contributed by atoms with Crippen LogP contribution in [0.3, 0.4) is 0 Å². The molecule has 3 aliphatic carbocycles. The van der Waals surface area contributed by atoms with Crippen LogP contribution in [0.15, 0.2) is 133 Å². The van der Waals surface area contributed by atoms with Gasteiger partial charge in [-0.3, -0.25) is 0 Å². The quantitative estimate of drug-likeness (QED) is 0.159. The van der Waals surface area contributed by atoms with Crippen LogP contribution in [0.1, 0.15) is 187 Å². The van der Waals surface area contributed by atoms with Crippen LogP contribution in [0.25, 0.3) is 10.1 Å². The van der Waals surface area contributed by atoms with Crippen molar-refractivity contribution in [2.24, 2.45) is 0 Å². The number of anilines is 9. The van der Waals surface area contributed by atoms with Gasteiger partial charge in [0.15, 0.2) is 0 Å². The average molecular weight is 1040 g/mol. The van der Waals surface area contributed by atoms with E-state index in [-0.39, 0.29) is 44.6 Å². The van der Waals surface area contributed by atoms with Gasteiger partial charge < -0.3 is 14.7 Å². The number of nitrogens with zero attached hydrogens (tertiary/aromatic N) is 3. The second-order valence-corrected chi connectivity index (χ2v) is 30.5. The van der Waals surface area contributed by atoms with Gasteiger partial charge in [-0.1, -0.05) is 171 Å². The van der Waals surface area contributed by atoms with Crippen molar-refractivity contribution in [3.05, 3.63) is 178 Å². The number of thiophene rings is 1. The number of fused-ring (bicyclic) bond motifs is 10. The van der Waals surface area contributed by atoms with Crippen molar-refractivity contribution in [2.75, 3.05) is 14.7 Å². The molecule has 5 aliphatic rings. The van der Waals surface area contributed by atoms with E-state index >= 15 is 0 Å². The standard InChI is InChI=1S/C73H82BN3S/c1-45-39-46(67(2,3)4)27-32-58(45)77-60-42-50(75(47-23-19-17-20-24-47)48-25-21-18-22-26-48)41-59-63(60)74(66-64(77)51-43-55-56(44-61(51)78-66)72(13,14)36-35-71(55,11)12)57-31-30-53-62(73(15,16)38-37-69(53,7)8)65(57)76(59)49-28-29-52-54(40-49)70(9,10)34-33-68(52,5)6/h17-32,39-44H,33-38H2,1-16H3. The van der Waals surface area contributed by atoms with Gasteiger partial charge in [-0.15, -0.1) is 11.3 Å². The Balaban J connectivity index is 1.23. The van der Waals surface area contributed by atoms with Crippen LogP contribution in [0, 0.1) is 6.92 Å². The number of hydrogen-bond donors (Lipinski definition) is 0. The molecule has 0 N–H and O–H groups in total. The maximum Gasteiger partial charge on any atom is 0.264 e. The van der Waals surface area contributed by atoms with Crippen molar-refractivity contribution in [2.45, 2.75) is 187 Å². The van der Waals surface area contributed by atoms with Gasteiger partial charge in [0.2, 0.25) is 0 Å². The Morgan fingerprint density at radius 2 is 0.974 bits per heavy atom. The molecule has 0 bridgehead atoms. The van der Waals surface area contributed by atoms with Crippen LogP contribution in [-0.4, -0.2) is 6.71 Å². The van der Waals surface area contributed by atoms with Crippen molar-refractivity contribution in [3.8, 4) is 0 Å². The highest BCUT2D eigenvalue weighted by molar-refractivity contribution is 7.33. The molecule has 5 heteroatoms. The lowest BCUT2D eigenvalue weighted by atomic mass is 9.35. The summed E-state index contributed by atoms with van der Waals surface area (Å²) < 4.78 is 2.85. The van der Waals surface area contributed by atoms with Gasteiger partial charge in [0, 0.05) is 54.7 Å². The molecule has 0 saturated carbocycles. The Hall–Kier alpha value is -6.04. The van der Waals surface area contributed by atoms with Crippen molar-refractivity contribution < 1.29 is 0 Å². The van der Waals surface area contributed by atoms with E-state index in [2.05, 4.69) is 270 Å². The fourth-order valence-corrected chi connectivity index (χ4v) is 16.4. The third-order valence-corrected chi connectivity index (χ3v) is 21.5. The van der Waals surface area contributed by atoms with Crippen LogP contribution in [0.4, 0.5) is 51.2 Å². The Labute approximate surface area is 472 Å². The molecule has 0 radical (unpaired) electrons. The summed E-state index contributed by atoms with van der Waals surface area (Å²) in [5, 5.41) is 1.38. The monoisotopic (exact) mass is 1040 g/mol. The Morgan fingerprint density at radius 3 is 1.55 bits per heavy atom. The van der Waals surface area contributed by atoms with Gasteiger partial charge in [0.05, 0.1) is 11.4 Å². The average Bonchev–Trinajstić information content (AvgIpc) is 2.35. The van der Waals surface area contributed by atoms with Crippen LogP contribution in [0.5, 0.6) is 0 Å². The minimum absolute atomic E-state index is 0.00324. The molecule has 0 atom stereocenters. The van der Waals surface area contributed by atoms with Crippen molar-refractivity contribution in [1.82, 2.24) is 0 Å². The third kappa shape index (κ3) is 7.69. The van der Waals surface area contributed by atoms with Gasteiger partial charge in [-0.25, -0.2) is 0 Å².